The number of H-pyrrole nitrogens is 2. The Kier molecular flexibility index (Phi) is 5.56. The zero-order valence-electron chi connectivity index (χ0n) is 20.8. The van der Waals surface area contributed by atoms with Crippen LogP contribution in [0.2, 0.25) is 0 Å². The van der Waals surface area contributed by atoms with E-state index in [0.717, 1.165) is 27.6 Å². The number of halogens is 1. The molecule has 0 radical (unpaired) electrons. The van der Waals surface area contributed by atoms with Gasteiger partial charge in [0.15, 0.2) is 17.1 Å². The standard InChI is InChI=1S/C30H19FN8O/c31-21-8-6-17(7-9-21)23-10-11-33-28-25(23)36-29(37-28)26-24-13-20(15-34-27(24)39-38-26)19-12-22(16-32-14-19)35-30(40)18-4-2-1-3-5-18/h1-16H,(H,35,40)(H,33,36,37)(H,34,38,39). The first-order chi connectivity index (χ1) is 19.6. The minimum atomic E-state index is -0.303. The van der Waals surface area contributed by atoms with Crippen LogP contribution >= 0.6 is 0 Å². The van der Waals surface area contributed by atoms with Crippen LogP contribution in [0.25, 0.3) is 56.0 Å². The lowest BCUT2D eigenvalue weighted by Crippen LogP contribution is -2.11. The number of hydrogen-bond donors (Lipinski definition) is 3. The lowest BCUT2D eigenvalue weighted by Gasteiger charge is -2.07. The fraction of sp³-hybridized carbons (Fsp3) is 0. The second-order valence-corrected chi connectivity index (χ2v) is 9.12. The first-order valence-electron chi connectivity index (χ1n) is 12.4. The fourth-order valence-electron chi connectivity index (χ4n) is 4.59. The van der Waals surface area contributed by atoms with Gasteiger partial charge in [0.2, 0.25) is 0 Å². The minimum absolute atomic E-state index is 0.219. The largest absolute Gasteiger partial charge is 0.321 e. The number of anilines is 1. The molecule has 192 valence electrons. The van der Waals surface area contributed by atoms with Crippen molar-refractivity contribution in [2.45, 2.75) is 0 Å². The number of imidazole rings is 1. The van der Waals surface area contributed by atoms with Crippen molar-refractivity contribution in [1.29, 1.82) is 0 Å². The molecule has 7 aromatic rings. The summed E-state index contributed by atoms with van der Waals surface area (Å²) >= 11 is 0. The Morgan fingerprint density at radius 3 is 2.50 bits per heavy atom. The second-order valence-electron chi connectivity index (χ2n) is 9.12. The molecule has 0 atom stereocenters. The van der Waals surface area contributed by atoms with Crippen LogP contribution in [0.5, 0.6) is 0 Å². The van der Waals surface area contributed by atoms with Crippen LogP contribution < -0.4 is 5.32 Å². The third kappa shape index (κ3) is 4.23. The van der Waals surface area contributed by atoms with Crippen LogP contribution in [0.15, 0.2) is 97.6 Å². The zero-order chi connectivity index (χ0) is 27.1. The molecule has 0 bridgehead atoms. The van der Waals surface area contributed by atoms with Crippen LogP contribution in [-0.4, -0.2) is 41.0 Å². The number of rotatable bonds is 5. The van der Waals surface area contributed by atoms with Crippen molar-refractivity contribution >= 4 is 33.8 Å². The van der Waals surface area contributed by atoms with Crippen LogP contribution in [0, 0.1) is 5.82 Å². The summed E-state index contributed by atoms with van der Waals surface area (Å²) in [6.07, 6.45) is 6.71. The molecule has 9 nitrogen and oxygen atoms in total. The summed E-state index contributed by atoms with van der Waals surface area (Å²) in [5, 5.41) is 11.1. The first-order valence-corrected chi connectivity index (χ1v) is 12.4. The van der Waals surface area contributed by atoms with Crippen LogP contribution in [0.1, 0.15) is 10.4 Å². The van der Waals surface area contributed by atoms with E-state index in [1.165, 1.54) is 12.1 Å². The number of carbonyl (C=O) groups is 1. The molecule has 0 aliphatic rings. The Labute approximate surface area is 226 Å². The second kappa shape index (κ2) is 9.52. The van der Waals surface area contributed by atoms with Gasteiger partial charge in [-0.15, -0.1) is 0 Å². The van der Waals surface area contributed by atoms with Gasteiger partial charge in [-0.2, -0.15) is 5.10 Å². The average Bonchev–Trinajstić information content (AvgIpc) is 3.62. The topological polar surface area (TPSA) is 125 Å². The predicted molar refractivity (Wildman–Crippen MR) is 150 cm³/mol. The van der Waals surface area contributed by atoms with Gasteiger partial charge in [0.25, 0.3) is 5.91 Å². The number of carbonyl (C=O) groups excluding carboxylic acids is 1. The van der Waals surface area contributed by atoms with E-state index >= 15 is 0 Å². The number of hydrogen-bond acceptors (Lipinski definition) is 6. The monoisotopic (exact) mass is 526 g/mol. The fourth-order valence-corrected chi connectivity index (χ4v) is 4.59. The lowest BCUT2D eigenvalue weighted by atomic mass is 10.1. The number of pyridine rings is 3. The number of aromatic nitrogens is 7. The van der Waals surface area contributed by atoms with Gasteiger partial charge in [0, 0.05) is 40.8 Å². The van der Waals surface area contributed by atoms with Crippen molar-refractivity contribution in [3.63, 3.8) is 0 Å². The molecule has 5 heterocycles. The SMILES string of the molecule is O=C(Nc1cncc(-c2cnc3[nH]nc(-c4nc5c(-c6ccc(F)cc6)ccnc5[nH]4)c3c2)c1)c1ccccc1. The maximum atomic E-state index is 13.5. The molecular formula is C30H19FN8O. The molecule has 10 heteroatoms. The van der Waals surface area contributed by atoms with Gasteiger partial charge in [0.05, 0.1) is 17.3 Å². The summed E-state index contributed by atoms with van der Waals surface area (Å²) in [6.45, 7) is 0. The van der Waals surface area contributed by atoms with Crippen LogP contribution in [-0.2, 0) is 0 Å². The Hall–Kier alpha value is -5.77. The molecule has 0 unspecified atom stereocenters. The third-order valence-electron chi connectivity index (χ3n) is 6.55. The van der Waals surface area contributed by atoms with E-state index in [0.29, 0.717) is 39.6 Å². The predicted octanol–water partition coefficient (Wildman–Crippen LogP) is 6.02. The molecule has 40 heavy (non-hydrogen) atoms. The summed E-state index contributed by atoms with van der Waals surface area (Å²) < 4.78 is 13.5. The van der Waals surface area contributed by atoms with Gasteiger partial charge in [-0.05, 0) is 48.0 Å². The van der Waals surface area contributed by atoms with E-state index in [1.54, 1.807) is 49.1 Å². The molecule has 1 amide bonds. The molecular weight excluding hydrogens is 507 g/mol. The van der Waals surface area contributed by atoms with E-state index in [9.17, 15) is 9.18 Å². The number of nitrogens with zero attached hydrogens (tertiary/aromatic N) is 5. The first kappa shape index (κ1) is 23.4. The van der Waals surface area contributed by atoms with Crippen LogP contribution in [0.4, 0.5) is 10.1 Å². The summed E-state index contributed by atoms with van der Waals surface area (Å²) in [5.74, 6) is -0.00427. The van der Waals surface area contributed by atoms with Gasteiger partial charge in [-0.25, -0.2) is 19.3 Å². The van der Waals surface area contributed by atoms with Gasteiger partial charge in [-0.1, -0.05) is 30.3 Å². The normalized spacial score (nSPS) is 11.2. The highest BCUT2D eigenvalue weighted by atomic mass is 19.1. The minimum Gasteiger partial charge on any atom is -0.321 e. The Bertz CT molecular complexity index is 2020. The van der Waals surface area contributed by atoms with Gasteiger partial charge in [0.1, 0.15) is 17.0 Å². The van der Waals surface area contributed by atoms with Crippen molar-refractivity contribution in [2.75, 3.05) is 5.32 Å². The highest BCUT2D eigenvalue weighted by molar-refractivity contribution is 6.04. The molecule has 0 spiro atoms. The Balaban J connectivity index is 1.25. The molecule has 0 fully saturated rings. The average molecular weight is 527 g/mol. The highest BCUT2D eigenvalue weighted by Gasteiger charge is 2.17. The number of amides is 1. The molecule has 2 aromatic carbocycles. The maximum Gasteiger partial charge on any atom is 0.255 e. The Morgan fingerprint density at radius 1 is 0.825 bits per heavy atom. The smallest absolute Gasteiger partial charge is 0.255 e. The van der Waals surface area contributed by atoms with Gasteiger partial charge in [-0.3, -0.25) is 14.9 Å². The summed E-state index contributed by atoms with van der Waals surface area (Å²) in [7, 11) is 0. The van der Waals surface area contributed by atoms with E-state index < -0.39 is 0 Å². The van der Waals surface area contributed by atoms with E-state index in [-0.39, 0.29) is 11.7 Å². The third-order valence-corrected chi connectivity index (χ3v) is 6.55. The van der Waals surface area contributed by atoms with Crippen molar-refractivity contribution in [2.24, 2.45) is 0 Å². The van der Waals surface area contributed by atoms with E-state index in [1.807, 2.05) is 36.4 Å². The van der Waals surface area contributed by atoms with E-state index in [4.69, 9.17) is 4.98 Å². The summed E-state index contributed by atoms with van der Waals surface area (Å²) in [6, 6.07) is 20.9. The summed E-state index contributed by atoms with van der Waals surface area (Å²) in [4.78, 5) is 33.9. The van der Waals surface area contributed by atoms with Crippen LogP contribution in [0.3, 0.4) is 0 Å². The number of nitrogens with one attached hydrogen (secondary N) is 3. The molecule has 5 aromatic heterocycles. The molecule has 0 aliphatic carbocycles. The van der Waals surface area contributed by atoms with Crippen molar-refractivity contribution < 1.29 is 9.18 Å². The van der Waals surface area contributed by atoms with Crippen molar-refractivity contribution in [3.05, 3.63) is 109 Å². The molecule has 0 aliphatic heterocycles. The number of fused-ring (bicyclic) bond motifs is 2. The number of aromatic amines is 2. The zero-order valence-corrected chi connectivity index (χ0v) is 20.8. The van der Waals surface area contributed by atoms with Crippen molar-refractivity contribution in [1.82, 2.24) is 35.1 Å². The molecule has 0 saturated carbocycles. The summed E-state index contributed by atoms with van der Waals surface area (Å²) in [5.41, 5.74) is 6.75. The quantitative estimate of drug-likeness (QED) is 0.252. The molecule has 0 saturated heterocycles. The number of benzene rings is 2. The van der Waals surface area contributed by atoms with Gasteiger partial charge >= 0.3 is 0 Å². The maximum absolute atomic E-state index is 13.5. The Morgan fingerprint density at radius 2 is 1.65 bits per heavy atom. The van der Waals surface area contributed by atoms with Gasteiger partial charge < -0.3 is 10.3 Å². The molecule has 3 N–H and O–H groups in total. The highest BCUT2D eigenvalue weighted by Crippen LogP contribution is 2.32. The molecule has 7 rings (SSSR count). The van der Waals surface area contributed by atoms with Crippen molar-refractivity contribution in [3.8, 4) is 33.8 Å². The van der Waals surface area contributed by atoms with E-state index in [2.05, 4.69) is 35.5 Å². The lowest BCUT2D eigenvalue weighted by molar-refractivity contribution is 0.102.